The average Bonchev–Trinajstić information content (AvgIpc) is 2.63. The molecule has 2 aromatic rings. The summed E-state index contributed by atoms with van der Waals surface area (Å²) in [5, 5.41) is 2.53. The van der Waals surface area contributed by atoms with Crippen molar-refractivity contribution >= 4 is 34.9 Å². The van der Waals surface area contributed by atoms with Crippen molar-refractivity contribution in [2.24, 2.45) is 0 Å². The van der Waals surface area contributed by atoms with Crippen LogP contribution in [0.4, 0.5) is 10.1 Å². The number of nitrogens with one attached hydrogen (secondary N) is 1. The fourth-order valence-electron chi connectivity index (χ4n) is 2.38. The Balaban J connectivity index is 1.80. The lowest BCUT2D eigenvalue weighted by Crippen LogP contribution is -2.21. The highest BCUT2D eigenvalue weighted by Crippen LogP contribution is 2.19. The lowest BCUT2D eigenvalue weighted by atomic mass is 9.99. The number of ketones is 1. The SMILES string of the molecule is Cc1ccc(C)c(C(=O)CCC(=O)OCC(=O)Nc2cc(Cl)ccc2F)c1. The molecular formula is C20H19ClFNO4. The summed E-state index contributed by atoms with van der Waals surface area (Å²) in [5.41, 5.74) is 2.25. The number of hydrogen-bond acceptors (Lipinski definition) is 4. The summed E-state index contributed by atoms with van der Waals surface area (Å²) in [6, 6.07) is 9.24. The topological polar surface area (TPSA) is 72.5 Å². The van der Waals surface area contributed by atoms with Crippen molar-refractivity contribution in [3.05, 3.63) is 63.9 Å². The first-order valence-corrected chi connectivity index (χ1v) is 8.65. The van der Waals surface area contributed by atoms with E-state index >= 15 is 0 Å². The Bertz CT molecular complexity index is 882. The molecule has 0 radical (unpaired) electrons. The number of anilines is 1. The quantitative estimate of drug-likeness (QED) is 0.566. The van der Waals surface area contributed by atoms with Gasteiger partial charge in [0.2, 0.25) is 0 Å². The summed E-state index contributed by atoms with van der Waals surface area (Å²) < 4.78 is 18.4. The van der Waals surface area contributed by atoms with Crippen molar-refractivity contribution in [2.75, 3.05) is 11.9 Å². The molecule has 0 heterocycles. The van der Waals surface area contributed by atoms with Gasteiger partial charge in [0.15, 0.2) is 12.4 Å². The van der Waals surface area contributed by atoms with Crippen LogP contribution in [0.3, 0.4) is 0 Å². The van der Waals surface area contributed by atoms with E-state index in [1.165, 1.54) is 12.1 Å². The van der Waals surface area contributed by atoms with Crippen LogP contribution in [0.25, 0.3) is 0 Å². The van der Waals surface area contributed by atoms with E-state index < -0.39 is 24.3 Å². The molecule has 0 aliphatic heterocycles. The minimum atomic E-state index is -0.703. The van der Waals surface area contributed by atoms with E-state index in [4.69, 9.17) is 16.3 Å². The standard InChI is InChI=1S/C20H19ClFNO4/c1-12-3-4-13(2)15(9-12)18(24)7-8-20(26)27-11-19(25)23-17-10-14(21)5-6-16(17)22/h3-6,9-10H,7-8,11H2,1-2H3,(H,23,25). The maximum Gasteiger partial charge on any atom is 0.306 e. The predicted octanol–water partition coefficient (Wildman–Crippen LogP) is 4.24. The summed E-state index contributed by atoms with van der Waals surface area (Å²) in [4.78, 5) is 35.7. The van der Waals surface area contributed by atoms with Crippen LogP contribution >= 0.6 is 11.6 Å². The fourth-order valence-corrected chi connectivity index (χ4v) is 2.56. The minimum Gasteiger partial charge on any atom is -0.456 e. The minimum absolute atomic E-state index is 0.0202. The second-order valence-electron chi connectivity index (χ2n) is 6.07. The molecule has 0 aromatic heterocycles. The smallest absolute Gasteiger partial charge is 0.306 e. The second-order valence-corrected chi connectivity index (χ2v) is 6.51. The Morgan fingerprint density at radius 3 is 2.56 bits per heavy atom. The van der Waals surface area contributed by atoms with Crippen molar-refractivity contribution in [1.29, 1.82) is 0 Å². The van der Waals surface area contributed by atoms with Crippen molar-refractivity contribution in [1.82, 2.24) is 0 Å². The van der Waals surface area contributed by atoms with Gasteiger partial charge >= 0.3 is 5.97 Å². The van der Waals surface area contributed by atoms with Crippen molar-refractivity contribution < 1.29 is 23.5 Å². The third kappa shape index (κ3) is 6.18. The van der Waals surface area contributed by atoms with Gasteiger partial charge in [-0.1, -0.05) is 29.3 Å². The van der Waals surface area contributed by atoms with Crippen LogP contribution in [-0.4, -0.2) is 24.3 Å². The van der Waals surface area contributed by atoms with Gasteiger partial charge in [0.05, 0.1) is 12.1 Å². The number of halogens is 2. The van der Waals surface area contributed by atoms with Gasteiger partial charge in [-0.15, -0.1) is 0 Å². The molecule has 1 amide bonds. The normalized spacial score (nSPS) is 10.4. The molecule has 0 saturated heterocycles. The third-order valence-electron chi connectivity index (χ3n) is 3.82. The molecule has 0 bridgehead atoms. The summed E-state index contributed by atoms with van der Waals surface area (Å²) in [5.74, 6) is -2.21. The average molecular weight is 392 g/mol. The molecular weight excluding hydrogens is 373 g/mol. The summed E-state index contributed by atoms with van der Waals surface area (Å²) in [7, 11) is 0. The molecule has 142 valence electrons. The monoisotopic (exact) mass is 391 g/mol. The van der Waals surface area contributed by atoms with E-state index in [9.17, 15) is 18.8 Å². The Hall–Kier alpha value is -2.73. The van der Waals surface area contributed by atoms with Gasteiger partial charge < -0.3 is 10.1 Å². The Morgan fingerprint density at radius 2 is 1.81 bits per heavy atom. The molecule has 2 rings (SSSR count). The maximum absolute atomic E-state index is 13.5. The Kier molecular flexibility index (Phi) is 7.07. The molecule has 2 aromatic carbocycles. The number of esters is 1. The number of rotatable bonds is 7. The molecule has 5 nitrogen and oxygen atoms in total. The van der Waals surface area contributed by atoms with Crippen molar-refractivity contribution in [3.63, 3.8) is 0 Å². The number of ether oxygens (including phenoxy) is 1. The molecule has 0 aliphatic rings. The zero-order chi connectivity index (χ0) is 20.0. The van der Waals surface area contributed by atoms with Crippen LogP contribution in [0.2, 0.25) is 5.02 Å². The number of amides is 1. The number of benzene rings is 2. The first-order chi connectivity index (χ1) is 12.8. The molecule has 0 saturated carbocycles. The first-order valence-electron chi connectivity index (χ1n) is 8.27. The van der Waals surface area contributed by atoms with Gasteiger partial charge in [0.1, 0.15) is 5.82 Å². The summed E-state index contributed by atoms with van der Waals surface area (Å²) >= 11 is 5.73. The largest absolute Gasteiger partial charge is 0.456 e. The molecule has 1 N–H and O–H groups in total. The van der Waals surface area contributed by atoms with Gasteiger partial charge in [0, 0.05) is 17.0 Å². The molecule has 0 spiro atoms. The van der Waals surface area contributed by atoms with Crippen molar-refractivity contribution in [3.8, 4) is 0 Å². The molecule has 27 heavy (non-hydrogen) atoms. The number of Topliss-reactive ketones (excluding diaryl/α,β-unsaturated/α-hetero) is 1. The summed E-state index contributed by atoms with van der Waals surface area (Å²) in [6.07, 6.45) is -0.168. The van der Waals surface area contributed by atoms with Crippen LogP contribution in [0, 0.1) is 19.7 Å². The van der Waals surface area contributed by atoms with E-state index in [0.29, 0.717) is 5.56 Å². The highest BCUT2D eigenvalue weighted by atomic mass is 35.5. The fraction of sp³-hybridized carbons (Fsp3) is 0.250. The number of carbonyl (C=O) groups excluding carboxylic acids is 3. The van der Waals surface area contributed by atoms with E-state index in [0.717, 1.165) is 17.2 Å². The summed E-state index contributed by atoms with van der Waals surface area (Å²) in [6.45, 7) is 3.12. The van der Waals surface area contributed by atoms with Gasteiger partial charge in [-0.25, -0.2) is 4.39 Å². The van der Waals surface area contributed by atoms with E-state index in [1.54, 1.807) is 6.07 Å². The third-order valence-corrected chi connectivity index (χ3v) is 4.05. The lowest BCUT2D eigenvalue weighted by Gasteiger charge is -2.08. The highest BCUT2D eigenvalue weighted by Gasteiger charge is 2.14. The zero-order valence-corrected chi connectivity index (χ0v) is 15.7. The van der Waals surface area contributed by atoms with Crippen LogP contribution in [-0.2, 0) is 14.3 Å². The second kappa shape index (κ2) is 9.28. The number of aryl methyl sites for hydroxylation is 2. The van der Waals surface area contributed by atoms with Crippen LogP contribution in [0.1, 0.15) is 34.3 Å². The first kappa shape index (κ1) is 20.6. The molecule has 0 unspecified atom stereocenters. The van der Waals surface area contributed by atoms with Crippen LogP contribution < -0.4 is 5.32 Å². The number of carbonyl (C=O) groups is 3. The number of hydrogen-bond donors (Lipinski definition) is 1. The van der Waals surface area contributed by atoms with Gasteiger partial charge in [0.25, 0.3) is 5.91 Å². The molecule has 7 heteroatoms. The maximum atomic E-state index is 13.5. The molecule has 0 fully saturated rings. The Labute approximate surface area is 161 Å². The van der Waals surface area contributed by atoms with Crippen LogP contribution in [0.5, 0.6) is 0 Å². The van der Waals surface area contributed by atoms with Crippen molar-refractivity contribution in [2.45, 2.75) is 26.7 Å². The molecule has 0 aliphatic carbocycles. The lowest BCUT2D eigenvalue weighted by molar-refractivity contribution is -0.147. The predicted molar refractivity (Wildman–Crippen MR) is 100 cm³/mol. The Morgan fingerprint density at radius 1 is 1.07 bits per heavy atom. The molecule has 0 atom stereocenters. The zero-order valence-electron chi connectivity index (χ0n) is 15.0. The van der Waals surface area contributed by atoms with Gasteiger partial charge in [-0.05, 0) is 43.7 Å². The van der Waals surface area contributed by atoms with Gasteiger partial charge in [-0.2, -0.15) is 0 Å². The van der Waals surface area contributed by atoms with E-state index in [2.05, 4.69) is 5.32 Å². The van der Waals surface area contributed by atoms with E-state index in [1.807, 2.05) is 26.0 Å². The van der Waals surface area contributed by atoms with E-state index in [-0.39, 0.29) is 29.3 Å². The highest BCUT2D eigenvalue weighted by molar-refractivity contribution is 6.30. The van der Waals surface area contributed by atoms with Gasteiger partial charge in [-0.3, -0.25) is 14.4 Å². The van der Waals surface area contributed by atoms with Crippen LogP contribution in [0.15, 0.2) is 36.4 Å².